The van der Waals surface area contributed by atoms with Crippen molar-refractivity contribution in [3.63, 3.8) is 0 Å². The van der Waals surface area contributed by atoms with E-state index >= 15 is 0 Å². The number of amides is 1. The number of thiophene rings is 1. The molecule has 0 aliphatic heterocycles. The lowest BCUT2D eigenvalue weighted by atomic mass is 10.2. The SMILES string of the molecule is O=C(CSc1nnc(-c2ccccc2F)n1Cc1ccccc1)N(Cc1ccsc1)C1CC1. The topological polar surface area (TPSA) is 51.0 Å². The summed E-state index contributed by atoms with van der Waals surface area (Å²) in [5.41, 5.74) is 2.62. The van der Waals surface area contributed by atoms with Crippen LogP contribution in [-0.4, -0.2) is 37.4 Å². The fraction of sp³-hybridized carbons (Fsp3) is 0.240. The Kier molecular flexibility index (Phi) is 6.55. The molecular formula is C25H23FN4OS2. The van der Waals surface area contributed by atoms with Crippen molar-refractivity contribution in [2.45, 2.75) is 37.1 Å². The average molecular weight is 479 g/mol. The van der Waals surface area contributed by atoms with Crippen LogP contribution in [0.15, 0.2) is 76.6 Å². The molecule has 1 aliphatic rings. The molecule has 0 spiro atoms. The number of carbonyl (C=O) groups excluding carboxylic acids is 1. The van der Waals surface area contributed by atoms with Crippen molar-refractivity contribution >= 4 is 29.0 Å². The molecule has 1 aliphatic carbocycles. The van der Waals surface area contributed by atoms with Crippen LogP contribution in [0.3, 0.4) is 0 Å². The lowest BCUT2D eigenvalue weighted by Gasteiger charge is -2.22. The summed E-state index contributed by atoms with van der Waals surface area (Å²) in [6.07, 6.45) is 2.12. The molecule has 2 aromatic heterocycles. The highest BCUT2D eigenvalue weighted by atomic mass is 32.2. The molecule has 8 heteroatoms. The van der Waals surface area contributed by atoms with Gasteiger partial charge in [0.1, 0.15) is 5.82 Å². The van der Waals surface area contributed by atoms with Gasteiger partial charge in [-0.25, -0.2) is 4.39 Å². The third kappa shape index (κ3) is 5.17. The van der Waals surface area contributed by atoms with Crippen molar-refractivity contribution in [1.82, 2.24) is 19.7 Å². The van der Waals surface area contributed by atoms with Crippen molar-refractivity contribution in [3.05, 3.63) is 88.4 Å². The van der Waals surface area contributed by atoms with Crippen LogP contribution in [0.5, 0.6) is 0 Å². The van der Waals surface area contributed by atoms with Crippen molar-refractivity contribution in [1.29, 1.82) is 0 Å². The summed E-state index contributed by atoms with van der Waals surface area (Å²) in [5.74, 6) is 0.479. The predicted octanol–water partition coefficient (Wildman–Crippen LogP) is 5.48. The number of nitrogens with zero attached hydrogens (tertiary/aromatic N) is 4. The van der Waals surface area contributed by atoms with Gasteiger partial charge >= 0.3 is 0 Å². The Bertz CT molecular complexity index is 1220. The zero-order valence-corrected chi connectivity index (χ0v) is 19.6. The number of carbonyl (C=O) groups is 1. The molecule has 4 aromatic rings. The van der Waals surface area contributed by atoms with Gasteiger partial charge in [-0.3, -0.25) is 9.36 Å². The Hall–Kier alpha value is -2.97. The molecule has 168 valence electrons. The molecule has 0 saturated heterocycles. The van der Waals surface area contributed by atoms with Gasteiger partial charge in [-0.15, -0.1) is 10.2 Å². The standard InChI is InChI=1S/C25H23FN4OS2/c26-22-9-5-4-8-21(22)24-27-28-25(30(24)14-18-6-2-1-3-7-18)33-17-23(31)29(20-10-11-20)15-19-12-13-32-16-19/h1-9,12-13,16,20H,10-11,14-15,17H2. The van der Waals surface area contributed by atoms with Crippen LogP contribution in [0.4, 0.5) is 4.39 Å². The third-order valence-electron chi connectivity index (χ3n) is 5.58. The molecule has 1 saturated carbocycles. The second-order valence-electron chi connectivity index (χ2n) is 8.03. The van der Waals surface area contributed by atoms with Crippen LogP contribution < -0.4 is 0 Å². The van der Waals surface area contributed by atoms with Crippen molar-refractivity contribution in [2.75, 3.05) is 5.75 Å². The van der Waals surface area contributed by atoms with E-state index in [1.807, 2.05) is 45.2 Å². The first-order valence-corrected chi connectivity index (χ1v) is 12.8. The van der Waals surface area contributed by atoms with E-state index in [1.165, 1.54) is 23.4 Å². The van der Waals surface area contributed by atoms with Crippen molar-refractivity contribution in [2.24, 2.45) is 0 Å². The van der Waals surface area contributed by atoms with Crippen LogP contribution in [0.1, 0.15) is 24.0 Å². The van der Waals surface area contributed by atoms with Crippen molar-refractivity contribution in [3.8, 4) is 11.4 Å². The number of benzene rings is 2. The molecule has 33 heavy (non-hydrogen) atoms. The van der Waals surface area contributed by atoms with Gasteiger partial charge in [0.25, 0.3) is 0 Å². The number of hydrogen-bond donors (Lipinski definition) is 0. The van der Waals surface area contributed by atoms with Crippen LogP contribution in [-0.2, 0) is 17.9 Å². The average Bonchev–Trinajstić information content (AvgIpc) is 3.40. The second kappa shape index (κ2) is 9.89. The first-order chi connectivity index (χ1) is 16.2. The lowest BCUT2D eigenvalue weighted by Crippen LogP contribution is -2.33. The summed E-state index contributed by atoms with van der Waals surface area (Å²) in [4.78, 5) is 15.1. The van der Waals surface area contributed by atoms with Gasteiger partial charge in [-0.1, -0.05) is 54.2 Å². The molecule has 0 radical (unpaired) electrons. The molecule has 0 N–H and O–H groups in total. The number of rotatable bonds is 9. The Balaban J connectivity index is 1.38. The first kappa shape index (κ1) is 21.9. The molecular weight excluding hydrogens is 455 g/mol. The zero-order chi connectivity index (χ0) is 22.6. The van der Waals surface area contributed by atoms with Gasteiger partial charge in [-0.05, 0) is 52.9 Å². The number of aromatic nitrogens is 3. The smallest absolute Gasteiger partial charge is 0.233 e. The van der Waals surface area contributed by atoms with Gasteiger partial charge < -0.3 is 4.90 Å². The molecule has 0 bridgehead atoms. The quantitative estimate of drug-likeness (QED) is 0.299. The largest absolute Gasteiger partial charge is 0.335 e. The Labute approximate surface area is 200 Å². The van der Waals surface area contributed by atoms with Crippen LogP contribution in [0.2, 0.25) is 0 Å². The Morgan fingerprint density at radius 3 is 2.58 bits per heavy atom. The number of halogens is 1. The zero-order valence-electron chi connectivity index (χ0n) is 17.9. The van der Waals surface area contributed by atoms with E-state index in [2.05, 4.69) is 21.6 Å². The molecule has 2 heterocycles. The molecule has 5 nitrogen and oxygen atoms in total. The van der Waals surface area contributed by atoms with Gasteiger partial charge in [0.05, 0.1) is 17.9 Å². The molecule has 0 unspecified atom stereocenters. The summed E-state index contributed by atoms with van der Waals surface area (Å²) in [7, 11) is 0. The van der Waals surface area contributed by atoms with Crippen molar-refractivity contribution < 1.29 is 9.18 Å². The molecule has 1 amide bonds. The molecule has 5 rings (SSSR count). The van der Waals surface area contributed by atoms with Gasteiger partial charge in [-0.2, -0.15) is 11.3 Å². The third-order valence-corrected chi connectivity index (χ3v) is 7.26. The van der Waals surface area contributed by atoms with E-state index in [0.717, 1.165) is 18.4 Å². The normalized spacial score (nSPS) is 13.2. The monoisotopic (exact) mass is 478 g/mol. The fourth-order valence-corrected chi connectivity index (χ4v) is 5.23. The minimum Gasteiger partial charge on any atom is -0.335 e. The molecule has 0 atom stereocenters. The minimum atomic E-state index is -0.345. The van der Waals surface area contributed by atoms with E-state index in [1.54, 1.807) is 29.5 Å². The van der Waals surface area contributed by atoms with E-state index in [9.17, 15) is 9.18 Å². The van der Waals surface area contributed by atoms with E-state index < -0.39 is 0 Å². The van der Waals surface area contributed by atoms with E-state index in [-0.39, 0.29) is 17.5 Å². The molecule has 1 fully saturated rings. The van der Waals surface area contributed by atoms with Crippen LogP contribution in [0.25, 0.3) is 11.4 Å². The maximum atomic E-state index is 14.6. The minimum absolute atomic E-state index is 0.0930. The Morgan fingerprint density at radius 2 is 1.85 bits per heavy atom. The number of hydrogen-bond acceptors (Lipinski definition) is 5. The summed E-state index contributed by atoms with van der Waals surface area (Å²) >= 11 is 3.01. The van der Waals surface area contributed by atoms with E-state index in [0.29, 0.717) is 35.7 Å². The number of thioether (sulfide) groups is 1. The lowest BCUT2D eigenvalue weighted by molar-refractivity contribution is -0.129. The highest BCUT2D eigenvalue weighted by molar-refractivity contribution is 7.99. The molecule has 2 aromatic carbocycles. The summed E-state index contributed by atoms with van der Waals surface area (Å²) in [5, 5.41) is 13.4. The summed E-state index contributed by atoms with van der Waals surface area (Å²) < 4.78 is 16.4. The Morgan fingerprint density at radius 1 is 1.06 bits per heavy atom. The van der Waals surface area contributed by atoms with Gasteiger partial charge in [0.15, 0.2) is 11.0 Å². The second-order valence-corrected chi connectivity index (χ2v) is 9.75. The van der Waals surface area contributed by atoms with Crippen LogP contribution >= 0.6 is 23.1 Å². The van der Waals surface area contributed by atoms with Crippen LogP contribution in [0, 0.1) is 5.82 Å². The van der Waals surface area contributed by atoms with Gasteiger partial charge in [0, 0.05) is 12.6 Å². The maximum Gasteiger partial charge on any atom is 0.233 e. The fourth-order valence-electron chi connectivity index (χ4n) is 3.74. The summed E-state index contributed by atoms with van der Waals surface area (Å²) in [6, 6.07) is 18.9. The summed E-state index contributed by atoms with van der Waals surface area (Å²) in [6.45, 7) is 1.14. The highest BCUT2D eigenvalue weighted by Gasteiger charge is 2.32. The van der Waals surface area contributed by atoms with E-state index in [4.69, 9.17) is 0 Å². The predicted molar refractivity (Wildman–Crippen MR) is 130 cm³/mol. The van der Waals surface area contributed by atoms with Gasteiger partial charge in [0.2, 0.25) is 5.91 Å². The first-order valence-electron chi connectivity index (χ1n) is 10.8. The maximum absolute atomic E-state index is 14.6. The highest BCUT2D eigenvalue weighted by Crippen LogP contribution is 2.31.